The van der Waals surface area contributed by atoms with Gasteiger partial charge in [-0.2, -0.15) is 0 Å². The number of piperidine rings is 1. The Hall–Kier alpha value is 1.15. The predicted octanol–water partition coefficient (Wildman–Crippen LogP) is 8.31. The molecule has 5 N–H and O–H groups in total. The number of nitrogens with one attached hydrogen (secondary N) is 1. The van der Waals surface area contributed by atoms with E-state index >= 15 is 0 Å². The van der Waals surface area contributed by atoms with Gasteiger partial charge in [0.25, 0.3) is 0 Å². The number of thiocarbonyl (C=S) groups is 4. The van der Waals surface area contributed by atoms with Gasteiger partial charge in [-0.1, -0.05) is 123 Å². The van der Waals surface area contributed by atoms with E-state index in [9.17, 15) is 0 Å². The van der Waals surface area contributed by atoms with Crippen LogP contribution in [0, 0.1) is 0 Å². The molecule has 0 bridgehead atoms. The Morgan fingerprint density at radius 3 is 1.09 bits per heavy atom. The predicted molar refractivity (Wildman–Crippen MR) is 222 cm³/mol. The standard InChI is InChI=1S/2C9H19NS2.C7H14N2S4.C5H11N.Ni/c2*1-3-5-7-10(9(11)12)8-6-4-2;8-6(10)12-4-2-1-3-5-13-7(9)11;1-2-4-6-5-3-1;/h2*3-8H2,1-2H3,(H,11,12);1-5H2,(H2,8,10)(H2,9,11);6H,1-5H2;/q;;;;+2/p-2. The largest absolute Gasteiger partial charge is 2.00 e. The van der Waals surface area contributed by atoms with E-state index in [0.29, 0.717) is 17.3 Å². The molecule has 0 spiro atoms. The summed E-state index contributed by atoms with van der Waals surface area (Å²) in [5.41, 5.74) is 10.7. The molecule has 44 heavy (non-hydrogen) atoms. The van der Waals surface area contributed by atoms with E-state index in [4.69, 9.17) is 85.6 Å². The van der Waals surface area contributed by atoms with Crippen LogP contribution < -0.4 is 16.8 Å². The van der Waals surface area contributed by atoms with Crippen molar-refractivity contribution < 1.29 is 16.5 Å². The van der Waals surface area contributed by atoms with Crippen molar-refractivity contribution >= 4 is 115 Å². The first-order chi connectivity index (χ1) is 20.6. The van der Waals surface area contributed by atoms with E-state index in [1.165, 1.54) is 90.1 Å². The van der Waals surface area contributed by atoms with E-state index in [-0.39, 0.29) is 16.5 Å². The summed E-state index contributed by atoms with van der Waals surface area (Å²) in [6.45, 7) is 15.4. The molecule has 1 fully saturated rings. The van der Waals surface area contributed by atoms with Crippen LogP contribution in [0.4, 0.5) is 0 Å². The molecule has 0 aromatic heterocycles. The van der Waals surface area contributed by atoms with Gasteiger partial charge in [0.2, 0.25) is 0 Å². The Morgan fingerprint density at radius 2 is 0.909 bits per heavy atom. The van der Waals surface area contributed by atoms with Crippen molar-refractivity contribution in [3.8, 4) is 0 Å². The van der Waals surface area contributed by atoms with Gasteiger partial charge in [0.15, 0.2) is 0 Å². The van der Waals surface area contributed by atoms with Crippen molar-refractivity contribution in [1.29, 1.82) is 0 Å². The third-order valence-corrected chi connectivity index (χ3v) is 9.42. The molecule has 264 valence electrons. The summed E-state index contributed by atoms with van der Waals surface area (Å²) in [6, 6.07) is 0. The van der Waals surface area contributed by atoms with Crippen LogP contribution >= 0.6 is 72.4 Å². The Morgan fingerprint density at radius 1 is 0.591 bits per heavy atom. The molecule has 0 atom stereocenters. The molecule has 0 aromatic rings. The Labute approximate surface area is 323 Å². The van der Waals surface area contributed by atoms with Crippen LogP contribution in [0.2, 0.25) is 0 Å². The number of nitrogens with zero attached hydrogens (tertiary/aromatic N) is 2. The van der Waals surface area contributed by atoms with E-state index in [1.807, 2.05) is 0 Å². The monoisotopic (exact) mass is 805 g/mol. The smallest absolute Gasteiger partial charge is 0.411 e. The summed E-state index contributed by atoms with van der Waals surface area (Å²) < 4.78 is 2.35. The number of unbranched alkanes of at least 4 members (excludes halogenated alkanes) is 6. The van der Waals surface area contributed by atoms with Crippen molar-refractivity contribution in [2.75, 3.05) is 50.8 Å². The zero-order valence-corrected chi connectivity index (χ0v) is 35.2. The molecule has 0 aliphatic carbocycles. The second-order valence-corrected chi connectivity index (χ2v) is 15.9. The van der Waals surface area contributed by atoms with Crippen LogP contribution in [-0.2, 0) is 41.7 Å². The number of thioether (sulfide) groups is 2. The zero-order chi connectivity index (χ0) is 33.1. The molecule has 1 aliphatic heterocycles. The molecule has 0 unspecified atom stereocenters. The zero-order valence-electron chi connectivity index (χ0n) is 27.7. The maximum absolute atomic E-state index is 5.33. The quantitative estimate of drug-likeness (QED) is 0.0539. The van der Waals surface area contributed by atoms with Crippen molar-refractivity contribution in [3.05, 3.63) is 0 Å². The minimum Gasteiger partial charge on any atom is -0.411 e. The van der Waals surface area contributed by atoms with Gasteiger partial charge in [0, 0.05) is 37.7 Å². The Kier molecular flexibility index (Phi) is 49.8. The van der Waals surface area contributed by atoms with Gasteiger partial charge in [-0.25, -0.2) is 0 Å². The molecule has 0 saturated carbocycles. The van der Waals surface area contributed by atoms with Crippen LogP contribution in [0.15, 0.2) is 0 Å². The summed E-state index contributed by atoms with van der Waals surface area (Å²) in [5.74, 6) is 2.04. The fourth-order valence-corrected chi connectivity index (χ4v) is 5.84. The SMILES string of the molecule is C1CCNCC1.CCCCN(CCCC)C(=S)[S-].CCCCN(CCCC)C(=S)[S-].NC(=S)SCCCCCSC(N)=S.[Ni+2]. The van der Waals surface area contributed by atoms with Crippen molar-refractivity contribution in [2.45, 2.75) is 118 Å². The average molecular weight is 807 g/mol. The second kappa shape index (κ2) is 42.2. The molecule has 1 rings (SSSR count). The molecule has 0 aromatic carbocycles. The molecule has 1 aliphatic rings. The van der Waals surface area contributed by atoms with Crippen LogP contribution in [0.5, 0.6) is 0 Å². The van der Waals surface area contributed by atoms with Crippen molar-refractivity contribution in [1.82, 2.24) is 15.1 Å². The fourth-order valence-electron chi connectivity index (χ4n) is 3.51. The third-order valence-electron chi connectivity index (χ3n) is 6.13. The second-order valence-electron chi connectivity index (χ2n) is 10.1. The van der Waals surface area contributed by atoms with Gasteiger partial charge >= 0.3 is 16.5 Å². The molecule has 14 heteroatoms. The Balaban J connectivity index is -0.000000246. The fraction of sp³-hybridized carbons (Fsp3) is 0.867. The minimum absolute atomic E-state index is 0. The third kappa shape index (κ3) is 45.3. The molecular formula is C30H61N5NiS8. The maximum Gasteiger partial charge on any atom is 2.00 e. The van der Waals surface area contributed by atoms with Gasteiger partial charge in [0.1, 0.15) is 8.64 Å². The van der Waals surface area contributed by atoms with Gasteiger partial charge < -0.3 is 76.3 Å². The first-order valence-corrected chi connectivity index (χ1v) is 20.5. The van der Waals surface area contributed by atoms with Crippen molar-refractivity contribution in [2.24, 2.45) is 11.5 Å². The van der Waals surface area contributed by atoms with E-state index in [0.717, 1.165) is 50.5 Å². The maximum atomic E-state index is 5.33. The van der Waals surface area contributed by atoms with Crippen LogP contribution in [0.1, 0.15) is 118 Å². The van der Waals surface area contributed by atoms with Gasteiger partial charge in [-0.05, 0) is 64.5 Å². The molecule has 0 amide bonds. The van der Waals surface area contributed by atoms with E-state index in [2.05, 4.69) is 42.8 Å². The normalized spacial score (nSPS) is 11.5. The number of rotatable bonds is 18. The summed E-state index contributed by atoms with van der Waals surface area (Å²) in [7, 11) is 0. The number of nitrogens with two attached hydrogens (primary N) is 2. The summed E-state index contributed by atoms with van der Waals surface area (Å²) in [5, 5.41) is 3.28. The van der Waals surface area contributed by atoms with E-state index in [1.54, 1.807) is 23.5 Å². The van der Waals surface area contributed by atoms with Crippen LogP contribution in [0.25, 0.3) is 0 Å². The molecule has 1 heterocycles. The molecule has 5 nitrogen and oxygen atoms in total. The topological polar surface area (TPSA) is 70.5 Å². The first kappa shape index (κ1) is 52.0. The Bertz CT molecular complexity index is 598. The molecular weight excluding hydrogens is 746 g/mol. The summed E-state index contributed by atoms with van der Waals surface area (Å²) >= 11 is 32.5. The number of hydrogen-bond donors (Lipinski definition) is 3. The summed E-state index contributed by atoms with van der Waals surface area (Å²) in [4.78, 5) is 4.27. The van der Waals surface area contributed by atoms with Gasteiger partial charge in [-0.15, -0.1) is 0 Å². The van der Waals surface area contributed by atoms with Gasteiger partial charge in [0.05, 0.1) is 0 Å². The van der Waals surface area contributed by atoms with Crippen molar-refractivity contribution in [3.63, 3.8) is 0 Å². The van der Waals surface area contributed by atoms with Gasteiger partial charge in [-0.3, -0.25) is 0 Å². The minimum atomic E-state index is 0. The number of hydrogen-bond acceptors (Lipinski definition) is 9. The van der Waals surface area contributed by atoms with Crippen LogP contribution in [-0.4, -0.2) is 77.9 Å². The molecule has 0 radical (unpaired) electrons. The summed E-state index contributed by atoms with van der Waals surface area (Å²) in [6.07, 6.45) is 17.3. The molecule has 1 saturated heterocycles. The van der Waals surface area contributed by atoms with E-state index < -0.39 is 0 Å². The first-order valence-electron chi connectivity index (χ1n) is 16.0. The average Bonchev–Trinajstić information content (AvgIpc) is 2.98. The van der Waals surface area contributed by atoms with Crippen LogP contribution in [0.3, 0.4) is 0 Å².